The lowest BCUT2D eigenvalue weighted by atomic mass is 10.1. The minimum absolute atomic E-state index is 0.205. The summed E-state index contributed by atoms with van der Waals surface area (Å²) in [7, 11) is 0. The third-order valence-electron chi connectivity index (χ3n) is 3.32. The van der Waals surface area contributed by atoms with E-state index in [-0.39, 0.29) is 6.61 Å². The van der Waals surface area contributed by atoms with Gasteiger partial charge in [-0.05, 0) is 44.0 Å². The number of anilines is 1. The van der Waals surface area contributed by atoms with Crippen LogP contribution in [0.25, 0.3) is 0 Å². The van der Waals surface area contributed by atoms with Crippen LogP contribution in [0.3, 0.4) is 0 Å². The molecule has 0 aliphatic heterocycles. The first kappa shape index (κ1) is 16.0. The van der Waals surface area contributed by atoms with Crippen molar-refractivity contribution in [1.29, 1.82) is 0 Å². The van der Waals surface area contributed by atoms with Crippen molar-refractivity contribution in [1.82, 2.24) is 5.32 Å². The molecule has 0 aromatic heterocycles. The standard InChI is InChI=1S/C16H28N2O/c1-4-10-17-14(3)15-6-8-16(9-7-15)18(11-5-2)12-13-19/h6-9,14,17,19H,4-5,10-13H2,1-3H3. The van der Waals surface area contributed by atoms with Gasteiger partial charge in [-0.3, -0.25) is 0 Å². The van der Waals surface area contributed by atoms with Crippen molar-refractivity contribution in [3.05, 3.63) is 29.8 Å². The fourth-order valence-electron chi connectivity index (χ4n) is 2.21. The summed E-state index contributed by atoms with van der Waals surface area (Å²) >= 11 is 0. The van der Waals surface area contributed by atoms with E-state index in [2.05, 4.69) is 55.3 Å². The number of aliphatic hydroxyl groups excluding tert-OH is 1. The number of hydrogen-bond donors (Lipinski definition) is 2. The summed E-state index contributed by atoms with van der Waals surface area (Å²) in [5.41, 5.74) is 2.51. The summed E-state index contributed by atoms with van der Waals surface area (Å²) in [6.07, 6.45) is 2.25. The summed E-state index contributed by atoms with van der Waals surface area (Å²) in [4.78, 5) is 2.23. The van der Waals surface area contributed by atoms with Gasteiger partial charge in [-0.2, -0.15) is 0 Å². The van der Waals surface area contributed by atoms with Crippen LogP contribution in [0, 0.1) is 0 Å². The van der Waals surface area contributed by atoms with Crippen molar-refractivity contribution in [2.45, 2.75) is 39.7 Å². The maximum atomic E-state index is 9.11. The number of nitrogens with zero attached hydrogens (tertiary/aromatic N) is 1. The van der Waals surface area contributed by atoms with Gasteiger partial charge >= 0.3 is 0 Å². The highest BCUT2D eigenvalue weighted by molar-refractivity contribution is 5.48. The normalized spacial score (nSPS) is 12.4. The van der Waals surface area contributed by atoms with Gasteiger partial charge in [-0.25, -0.2) is 0 Å². The average molecular weight is 264 g/mol. The van der Waals surface area contributed by atoms with Gasteiger partial charge in [0.25, 0.3) is 0 Å². The smallest absolute Gasteiger partial charge is 0.0606 e. The fourth-order valence-corrected chi connectivity index (χ4v) is 2.21. The van der Waals surface area contributed by atoms with E-state index in [9.17, 15) is 0 Å². The molecule has 0 saturated heterocycles. The van der Waals surface area contributed by atoms with E-state index in [1.165, 1.54) is 11.3 Å². The van der Waals surface area contributed by atoms with Gasteiger partial charge in [-0.1, -0.05) is 26.0 Å². The zero-order valence-electron chi connectivity index (χ0n) is 12.5. The van der Waals surface area contributed by atoms with Crippen LogP contribution in [0.5, 0.6) is 0 Å². The van der Waals surface area contributed by atoms with E-state index >= 15 is 0 Å². The quantitative estimate of drug-likeness (QED) is 0.720. The molecule has 1 aromatic carbocycles. The van der Waals surface area contributed by atoms with Gasteiger partial charge < -0.3 is 15.3 Å². The maximum Gasteiger partial charge on any atom is 0.0606 e. The second kappa shape index (κ2) is 8.94. The van der Waals surface area contributed by atoms with E-state index in [4.69, 9.17) is 5.11 Å². The minimum Gasteiger partial charge on any atom is -0.395 e. The van der Waals surface area contributed by atoms with Crippen molar-refractivity contribution in [3.8, 4) is 0 Å². The molecule has 1 unspecified atom stereocenters. The molecule has 3 nitrogen and oxygen atoms in total. The van der Waals surface area contributed by atoms with Crippen molar-refractivity contribution in [2.24, 2.45) is 0 Å². The summed E-state index contributed by atoms with van der Waals surface area (Å²) in [5, 5.41) is 12.6. The predicted molar refractivity (Wildman–Crippen MR) is 82.7 cm³/mol. The third-order valence-corrected chi connectivity index (χ3v) is 3.32. The Hall–Kier alpha value is -1.06. The minimum atomic E-state index is 0.205. The Balaban J connectivity index is 2.67. The van der Waals surface area contributed by atoms with E-state index in [1.807, 2.05) is 0 Å². The number of hydrogen-bond acceptors (Lipinski definition) is 3. The Bertz CT molecular complexity index is 331. The van der Waals surface area contributed by atoms with Crippen LogP contribution in [0.4, 0.5) is 5.69 Å². The van der Waals surface area contributed by atoms with Crippen LogP contribution < -0.4 is 10.2 Å². The molecule has 0 bridgehead atoms. The van der Waals surface area contributed by atoms with Gasteiger partial charge in [0.15, 0.2) is 0 Å². The average Bonchev–Trinajstić information content (AvgIpc) is 2.44. The Kier molecular flexibility index (Phi) is 7.53. The number of benzene rings is 1. The highest BCUT2D eigenvalue weighted by atomic mass is 16.3. The van der Waals surface area contributed by atoms with Crippen LogP contribution in [-0.4, -0.2) is 31.3 Å². The molecular weight excluding hydrogens is 236 g/mol. The zero-order valence-corrected chi connectivity index (χ0v) is 12.5. The highest BCUT2D eigenvalue weighted by Gasteiger charge is 2.07. The fraction of sp³-hybridized carbons (Fsp3) is 0.625. The van der Waals surface area contributed by atoms with Crippen LogP contribution in [0.2, 0.25) is 0 Å². The second-order valence-corrected chi connectivity index (χ2v) is 4.98. The summed E-state index contributed by atoms with van der Waals surface area (Å²) < 4.78 is 0. The van der Waals surface area contributed by atoms with Gasteiger partial charge in [0.1, 0.15) is 0 Å². The number of aliphatic hydroxyl groups is 1. The molecule has 1 atom stereocenters. The molecule has 19 heavy (non-hydrogen) atoms. The Labute approximate surface area is 117 Å². The van der Waals surface area contributed by atoms with E-state index in [0.717, 1.165) is 25.9 Å². The first-order valence-electron chi connectivity index (χ1n) is 7.42. The molecule has 0 amide bonds. The maximum absolute atomic E-state index is 9.11. The first-order chi connectivity index (χ1) is 9.22. The lowest BCUT2D eigenvalue weighted by Crippen LogP contribution is -2.27. The molecule has 3 heteroatoms. The Morgan fingerprint density at radius 3 is 2.32 bits per heavy atom. The molecule has 1 aromatic rings. The second-order valence-electron chi connectivity index (χ2n) is 4.98. The summed E-state index contributed by atoms with van der Waals surface area (Å²) in [6, 6.07) is 9.08. The highest BCUT2D eigenvalue weighted by Crippen LogP contribution is 2.19. The van der Waals surface area contributed by atoms with Gasteiger partial charge in [0.05, 0.1) is 6.61 Å². The van der Waals surface area contributed by atoms with Crippen LogP contribution in [-0.2, 0) is 0 Å². The topological polar surface area (TPSA) is 35.5 Å². The Morgan fingerprint density at radius 1 is 1.11 bits per heavy atom. The van der Waals surface area contributed by atoms with Gasteiger partial charge in [0, 0.05) is 24.8 Å². The summed E-state index contributed by atoms with van der Waals surface area (Å²) in [6.45, 7) is 9.49. The molecule has 0 fully saturated rings. The number of rotatable bonds is 9. The van der Waals surface area contributed by atoms with Crippen LogP contribution in [0.15, 0.2) is 24.3 Å². The van der Waals surface area contributed by atoms with Crippen molar-refractivity contribution in [3.63, 3.8) is 0 Å². The lowest BCUT2D eigenvalue weighted by molar-refractivity contribution is 0.302. The lowest BCUT2D eigenvalue weighted by Gasteiger charge is -2.24. The van der Waals surface area contributed by atoms with Crippen LogP contribution in [0.1, 0.15) is 45.2 Å². The van der Waals surface area contributed by atoms with E-state index in [1.54, 1.807) is 0 Å². The molecule has 0 saturated carbocycles. The van der Waals surface area contributed by atoms with Gasteiger partial charge in [0.2, 0.25) is 0 Å². The Morgan fingerprint density at radius 2 is 1.79 bits per heavy atom. The number of nitrogens with one attached hydrogen (secondary N) is 1. The summed E-state index contributed by atoms with van der Waals surface area (Å²) in [5.74, 6) is 0. The van der Waals surface area contributed by atoms with Crippen molar-refractivity contribution < 1.29 is 5.11 Å². The van der Waals surface area contributed by atoms with E-state index < -0.39 is 0 Å². The third kappa shape index (κ3) is 5.21. The van der Waals surface area contributed by atoms with Gasteiger partial charge in [-0.15, -0.1) is 0 Å². The molecule has 0 aliphatic rings. The van der Waals surface area contributed by atoms with E-state index in [0.29, 0.717) is 12.6 Å². The van der Waals surface area contributed by atoms with Crippen molar-refractivity contribution in [2.75, 3.05) is 31.1 Å². The molecule has 0 spiro atoms. The largest absolute Gasteiger partial charge is 0.395 e. The van der Waals surface area contributed by atoms with Crippen molar-refractivity contribution >= 4 is 5.69 Å². The molecule has 0 aliphatic carbocycles. The monoisotopic (exact) mass is 264 g/mol. The first-order valence-corrected chi connectivity index (χ1v) is 7.42. The molecule has 108 valence electrons. The molecule has 1 rings (SSSR count). The molecule has 0 heterocycles. The predicted octanol–water partition coefficient (Wildman–Crippen LogP) is 2.96. The molecule has 2 N–H and O–H groups in total. The molecular formula is C16H28N2O. The molecule has 0 radical (unpaired) electrons. The zero-order chi connectivity index (χ0) is 14.1. The SMILES string of the molecule is CCCNC(C)c1ccc(N(CCC)CCO)cc1. The van der Waals surface area contributed by atoms with Crippen LogP contribution >= 0.6 is 0 Å².